The summed E-state index contributed by atoms with van der Waals surface area (Å²) in [5.41, 5.74) is 6.14. The number of pyridine rings is 1. The third-order valence-corrected chi connectivity index (χ3v) is 1.28. The van der Waals surface area contributed by atoms with Crippen molar-refractivity contribution in [3.63, 3.8) is 0 Å². The number of hydrogen-bond donors (Lipinski definition) is 1. The molecule has 0 aromatic carbocycles. The summed E-state index contributed by atoms with van der Waals surface area (Å²) < 4.78 is 0. The van der Waals surface area contributed by atoms with Gasteiger partial charge in [0, 0.05) is 6.20 Å². The van der Waals surface area contributed by atoms with Gasteiger partial charge in [-0.25, -0.2) is 0 Å². The van der Waals surface area contributed by atoms with Crippen molar-refractivity contribution in [3.05, 3.63) is 36.2 Å². The predicted molar refractivity (Wildman–Crippen MR) is 42.8 cm³/mol. The van der Waals surface area contributed by atoms with Gasteiger partial charge in [0.1, 0.15) is 0 Å². The molecule has 0 aliphatic heterocycles. The summed E-state index contributed by atoms with van der Waals surface area (Å²) in [4.78, 5) is 14.5. The van der Waals surface area contributed by atoms with Gasteiger partial charge < -0.3 is 5.73 Å². The summed E-state index contributed by atoms with van der Waals surface area (Å²) in [5.74, 6) is -0.465. The van der Waals surface area contributed by atoms with Crippen molar-refractivity contribution in [2.24, 2.45) is 5.73 Å². The van der Waals surface area contributed by atoms with Gasteiger partial charge >= 0.3 is 0 Å². The second-order valence-corrected chi connectivity index (χ2v) is 2.04. The Morgan fingerprint density at radius 1 is 1.64 bits per heavy atom. The van der Waals surface area contributed by atoms with Crippen LogP contribution in [0.25, 0.3) is 6.08 Å². The molecule has 3 heteroatoms. The molecule has 0 aliphatic rings. The average molecular weight is 148 g/mol. The maximum Gasteiger partial charge on any atom is 0.250 e. The number of nitrogens with zero attached hydrogens (tertiary/aromatic N) is 1. The number of primary amides is 1. The molecule has 1 aromatic rings. The van der Waals surface area contributed by atoms with Crippen molar-refractivity contribution in [2.75, 3.05) is 0 Å². The number of rotatable bonds is 2. The number of carbonyl (C=O) groups excluding carboxylic acids is 1. The summed E-state index contributed by atoms with van der Waals surface area (Å²) in [7, 11) is 0. The lowest BCUT2D eigenvalue weighted by atomic mass is 10.2. The van der Waals surface area contributed by atoms with Crippen molar-refractivity contribution >= 4 is 12.0 Å². The Morgan fingerprint density at radius 2 is 2.36 bits per heavy atom. The van der Waals surface area contributed by atoms with E-state index in [0.29, 0.717) is 5.56 Å². The van der Waals surface area contributed by atoms with Gasteiger partial charge in [0.05, 0.1) is 11.3 Å². The molecule has 1 heterocycles. The van der Waals surface area contributed by atoms with Crippen molar-refractivity contribution < 1.29 is 4.79 Å². The van der Waals surface area contributed by atoms with E-state index in [9.17, 15) is 4.79 Å². The van der Waals surface area contributed by atoms with Crippen LogP contribution in [-0.2, 0) is 0 Å². The van der Waals surface area contributed by atoms with Gasteiger partial charge in [-0.3, -0.25) is 9.78 Å². The van der Waals surface area contributed by atoms with Crippen molar-refractivity contribution in [1.29, 1.82) is 0 Å². The normalized spacial score (nSPS) is 9.09. The van der Waals surface area contributed by atoms with E-state index >= 15 is 0 Å². The van der Waals surface area contributed by atoms with E-state index in [2.05, 4.69) is 11.6 Å². The largest absolute Gasteiger partial charge is 0.366 e. The highest BCUT2D eigenvalue weighted by Gasteiger charge is 1.97. The van der Waals surface area contributed by atoms with Crippen molar-refractivity contribution in [2.45, 2.75) is 0 Å². The van der Waals surface area contributed by atoms with Gasteiger partial charge in [0.25, 0.3) is 0 Å². The fourth-order valence-electron chi connectivity index (χ4n) is 0.672. The molecular formula is C8H8N2O. The van der Waals surface area contributed by atoms with Crippen LogP contribution in [0.15, 0.2) is 24.9 Å². The quantitative estimate of drug-likeness (QED) is 0.675. The molecule has 1 amide bonds. The van der Waals surface area contributed by atoms with Gasteiger partial charge in [-0.1, -0.05) is 6.58 Å². The molecule has 0 saturated carbocycles. The van der Waals surface area contributed by atoms with Crippen LogP contribution < -0.4 is 5.73 Å². The van der Waals surface area contributed by atoms with Crippen LogP contribution >= 0.6 is 0 Å². The third-order valence-electron chi connectivity index (χ3n) is 1.28. The minimum Gasteiger partial charge on any atom is -0.366 e. The summed E-state index contributed by atoms with van der Waals surface area (Å²) in [6.45, 7) is 3.53. The van der Waals surface area contributed by atoms with Crippen LogP contribution in [0.5, 0.6) is 0 Å². The van der Waals surface area contributed by atoms with Crippen LogP contribution in [0.1, 0.15) is 16.1 Å². The number of amides is 1. The molecule has 3 nitrogen and oxygen atoms in total. The molecule has 1 aromatic heterocycles. The molecular weight excluding hydrogens is 140 g/mol. The molecule has 11 heavy (non-hydrogen) atoms. The van der Waals surface area contributed by atoms with Crippen LogP contribution in [0.3, 0.4) is 0 Å². The maximum atomic E-state index is 10.6. The molecule has 0 fully saturated rings. The Balaban J connectivity index is 3.00. The summed E-state index contributed by atoms with van der Waals surface area (Å²) in [5, 5.41) is 0. The highest BCUT2D eigenvalue weighted by molar-refractivity contribution is 5.92. The molecule has 2 N–H and O–H groups in total. The zero-order valence-electron chi connectivity index (χ0n) is 5.95. The first-order valence-electron chi connectivity index (χ1n) is 3.12. The molecule has 0 saturated heterocycles. The Bertz CT molecular complexity index is 277. The van der Waals surface area contributed by atoms with Gasteiger partial charge in [-0.15, -0.1) is 0 Å². The van der Waals surface area contributed by atoms with E-state index in [4.69, 9.17) is 5.73 Å². The number of hydrogen-bond acceptors (Lipinski definition) is 2. The van der Waals surface area contributed by atoms with Crippen LogP contribution in [-0.4, -0.2) is 10.9 Å². The first kappa shape index (κ1) is 7.47. The average Bonchev–Trinajstić information content (AvgIpc) is 2.05. The Kier molecular flexibility index (Phi) is 2.01. The molecule has 1 rings (SSSR count). The summed E-state index contributed by atoms with van der Waals surface area (Å²) in [6.07, 6.45) is 3.03. The molecule has 0 bridgehead atoms. The predicted octanol–water partition coefficient (Wildman–Crippen LogP) is 0.824. The van der Waals surface area contributed by atoms with Gasteiger partial charge in [-0.05, 0) is 18.2 Å². The van der Waals surface area contributed by atoms with Gasteiger partial charge in [0.2, 0.25) is 5.91 Å². The smallest absolute Gasteiger partial charge is 0.250 e. The van der Waals surface area contributed by atoms with E-state index in [1.54, 1.807) is 18.2 Å². The second kappa shape index (κ2) is 2.96. The highest BCUT2D eigenvalue weighted by Crippen LogP contribution is 1.99. The highest BCUT2D eigenvalue weighted by atomic mass is 16.1. The second-order valence-electron chi connectivity index (χ2n) is 2.04. The van der Waals surface area contributed by atoms with E-state index < -0.39 is 5.91 Å². The van der Waals surface area contributed by atoms with Crippen LogP contribution in [0.2, 0.25) is 0 Å². The minimum absolute atomic E-state index is 0.413. The van der Waals surface area contributed by atoms with E-state index in [1.807, 2.05) is 0 Å². The number of carbonyl (C=O) groups is 1. The first-order valence-corrected chi connectivity index (χ1v) is 3.12. The molecule has 0 spiro atoms. The Labute approximate surface area is 64.6 Å². The Morgan fingerprint density at radius 3 is 2.73 bits per heavy atom. The van der Waals surface area contributed by atoms with Crippen molar-refractivity contribution in [1.82, 2.24) is 4.98 Å². The molecule has 0 radical (unpaired) electrons. The zero-order valence-corrected chi connectivity index (χ0v) is 5.95. The van der Waals surface area contributed by atoms with E-state index in [1.165, 1.54) is 6.20 Å². The minimum atomic E-state index is -0.465. The van der Waals surface area contributed by atoms with Crippen molar-refractivity contribution in [3.8, 4) is 0 Å². The zero-order chi connectivity index (χ0) is 8.27. The van der Waals surface area contributed by atoms with Crippen LogP contribution in [0, 0.1) is 0 Å². The maximum absolute atomic E-state index is 10.6. The standard InChI is InChI=1S/C8H8N2O/c1-2-7-4-3-6(5-10-7)8(9)11/h2-5H,1H2,(H2,9,11). The van der Waals surface area contributed by atoms with E-state index in [-0.39, 0.29) is 0 Å². The molecule has 56 valence electrons. The summed E-state index contributed by atoms with van der Waals surface area (Å²) in [6, 6.07) is 3.30. The Hall–Kier alpha value is -1.64. The lowest BCUT2D eigenvalue weighted by Crippen LogP contribution is -2.10. The fourth-order valence-corrected chi connectivity index (χ4v) is 0.672. The number of aromatic nitrogens is 1. The van der Waals surface area contributed by atoms with Gasteiger partial charge in [0.15, 0.2) is 0 Å². The number of nitrogens with two attached hydrogens (primary N) is 1. The first-order chi connectivity index (χ1) is 5.24. The fraction of sp³-hybridized carbons (Fsp3) is 0. The SMILES string of the molecule is C=Cc1ccc(C(N)=O)cn1. The molecule has 0 unspecified atom stereocenters. The van der Waals surface area contributed by atoms with Crippen LogP contribution in [0.4, 0.5) is 0 Å². The topological polar surface area (TPSA) is 56.0 Å². The van der Waals surface area contributed by atoms with E-state index in [0.717, 1.165) is 5.69 Å². The summed E-state index contributed by atoms with van der Waals surface area (Å²) >= 11 is 0. The third kappa shape index (κ3) is 1.64. The molecule has 0 aliphatic carbocycles. The lowest BCUT2D eigenvalue weighted by molar-refractivity contribution is 0.1000. The monoisotopic (exact) mass is 148 g/mol. The van der Waals surface area contributed by atoms with Gasteiger partial charge in [-0.2, -0.15) is 0 Å². The lowest BCUT2D eigenvalue weighted by Gasteiger charge is -1.93. The molecule has 0 atom stereocenters.